The van der Waals surface area contributed by atoms with Crippen molar-refractivity contribution in [2.75, 3.05) is 0 Å². The Morgan fingerprint density at radius 1 is 1.04 bits per heavy atom. The second-order valence-corrected chi connectivity index (χ2v) is 7.09. The Kier molecular flexibility index (Phi) is 6.57. The van der Waals surface area contributed by atoms with E-state index in [1.807, 2.05) is 0 Å². The smallest absolute Gasteiger partial charge is 0.00256 e. The third-order valence-electron chi connectivity index (χ3n) is 3.59. The monoisotopic (exact) mass is 306 g/mol. The summed E-state index contributed by atoms with van der Waals surface area (Å²) in [6.07, 6.45) is 5.33. The zero-order chi connectivity index (χ0) is 16.2. The Morgan fingerprint density at radius 2 is 1.70 bits per heavy atom. The Labute approximate surface area is 142 Å². The van der Waals surface area contributed by atoms with E-state index in [2.05, 4.69) is 95.0 Å². The first kappa shape index (κ1) is 19.0. The maximum Gasteiger partial charge on any atom is -0.00256 e. The number of benzene rings is 2. The SMILES string of the molecule is C.C=C(Cc1cccc(C)c1)c1ccc(/C=C/C(C)(C)C)cc1. The molecule has 0 heteroatoms. The summed E-state index contributed by atoms with van der Waals surface area (Å²) in [5.74, 6) is 0. The summed E-state index contributed by atoms with van der Waals surface area (Å²) in [5.41, 5.74) is 6.45. The molecule has 0 heterocycles. The van der Waals surface area contributed by atoms with Crippen LogP contribution in [0.3, 0.4) is 0 Å². The van der Waals surface area contributed by atoms with E-state index in [1.165, 1.54) is 22.3 Å². The van der Waals surface area contributed by atoms with Crippen LogP contribution in [0.2, 0.25) is 0 Å². The quantitative estimate of drug-likeness (QED) is 0.573. The van der Waals surface area contributed by atoms with E-state index in [0.717, 1.165) is 12.0 Å². The summed E-state index contributed by atoms with van der Waals surface area (Å²) in [5, 5.41) is 0. The normalized spacial score (nSPS) is 11.3. The second-order valence-electron chi connectivity index (χ2n) is 7.09. The van der Waals surface area contributed by atoms with Gasteiger partial charge in [0, 0.05) is 0 Å². The van der Waals surface area contributed by atoms with Gasteiger partial charge in [0.15, 0.2) is 0 Å². The predicted octanol–water partition coefficient (Wildman–Crippen LogP) is 6.95. The van der Waals surface area contributed by atoms with Crippen LogP contribution in [0.1, 0.15) is 50.5 Å². The summed E-state index contributed by atoms with van der Waals surface area (Å²) in [4.78, 5) is 0. The molecule has 0 bridgehead atoms. The van der Waals surface area contributed by atoms with Gasteiger partial charge in [0.2, 0.25) is 0 Å². The molecule has 0 nitrogen and oxygen atoms in total. The average molecular weight is 306 g/mol. The molecule has 0 fully saturated rings. The Balaban J connectivity index is 0.00000264. The van der Waals surface area contributed by atoms with Gasteiger partial charge in [0.25, 0.3) is 0 Å². The highest BCUT2D eigenvalue weighted by molar-refractivity contribution is 5.67. The van der Waals surface area contributed by atoms with Gasteiger partial charge in [-0.25, -0.2) is 0 Å². The number of hydrogen-bond donors (Lipinski definition) is 0. The fourth-order valence-electron chi connectivity index (χ4n) is 2.35. The molecule has 0 spiro atoms. The minimum atomic E-state index is 0. The standard InChI is InChI=1S/C22H26.CH4/c1-17-7-6-8-20(15-17)16-18(2)21-11-9-19(10-12-21)13-14-22(3,4)5;/h6-15H,2,16H2,1,3-5H3;1H4/b14-13+;. The molecular formula is C23H30. The first-order chi connectivity index (χ1) is 10.3. The van der Waals surface area contributed by atoms with Crippen LogP contribution in [0, 0.1) is 12.3 Å². The van der Waals surface area contributed by atoms with Crippen molar-refractivity contribution in [1.82, 2.24) is 0 Å². The molecule has 0 aromatic heterocycles. The lowest BCUT2D eigenvalue weighted by molar-refractivity contribution is 0.547. The molecule has 0 aliphatic carbocycles. The molecule has 2 rings (SSSR count). The summed E-state index contributed by atoms with van der Waals surface area (Å²) in [6, 6.07) is 17.3. The molecule has 2 aromatic carbocycles. The van der Waals surface area contributed by atoms with Crippen LogP contribution in [0.15, 0.2) is 61.2 Å². The summed E-state index contributed by atoms with van der Waals surface area (Å²) < 4.78 is 0. The molecule has 0 N–H and O–H groups in total. The van der Waals surface area contributed by atoms with Crippen molar-refractivity contribution >= 4 is 11.6 Å². The molecule has 0 saturated carbocycles. The summed E-state index contributed by atoms with van der Waals surface area (Å²) >= 11 is 0. The first-order valence-corrected chi connectivity index (χ1v) is 7.86. The third-order valence-corrected chi connectivity index (χ3v) is 3.59. The van der Waals surface area contributed by atoms with Crippen molar-refractivity contribution in [3.05, 3.63) is 83.4 Å². The Morgan fingerprint density at radius 3 is 2.26 bits per heavy atom. The fraction of sp³-hybridized carbons (Fsp3) is 0.304. The largest absolute Gasteiger partial charge is 0.0949 e. The maximum absolute atomic E-state index is 4.25. The maximum atomic E-state index is 4.25. The van der Waals surface area contributed by atoms with Crippen molar-refractivity contribution in [1.29, 1.82) is 0 Å². The molecule has 0 radical (unpaired) electrons. The molecule has 122 valence electrons. The summed E-state index contributed by atoms with van der Waals surface area (Å²) in [7, 11) is 0. The van der Waals surface area contributed by atoms with Crippen LogP contribution in [0.4, 0.5) is 0 Å². The zero-order valence-corrected chi connectivity index (χ0v) is 14.2. The lowest BCUT2D eigenvalue weighted by Crippen LogP contribution is -1.98. The van der Waals surface area contributed by atoms with Gasteiger partial charge in [-0.3, -0.25) is 0 Å². The van der Waals surface area contributed by atoms with Gasteiger partial charge >= 0.3 is 0 Å². The Bertz CT molecular complexity index is 664. The van der Waals surface area contributed by atoms with Gasteiger partial charge in [-0.15, -0.1) is 0 Å². The van der Waals surface area contributed by atoms with Crippen LogP contribution in [0.25, 0.3) is 11.6 Å². The van der Waals surface area contributed by atoms with Crippen molar-refractivity contribution in [3.8, 4) is 0 Å². The fourth-order valence-corrected chi connectivity index (χ4v) is 2.35. The van der Waals surface area contributed by atoms with E-state index >= 15 is 0 Å². The first-order valence-electron chi connectivity index (χ1n) is 7.86. The minimum Gasteiger partial charge on any atom is -0.0949 e. The predicted molar refractivity (Wildman–Crippen MR) is 106 cm³/mol. The van der Waals surface area contributed by atoms with Crippen molar-refractivity contribution < 1.29 is 0 Å². The van der Waals surface area contributed by atoms with Gasteiger partial charge in [0.05, 0.1) is 0 Å². The third kappa shape index (κ3) is 6.28. The van der Waals surface area contributed by atoms with E-state index < -0.39 is 0 Å². The van der Waals surface area contributed by atoms with Crippen LogP contribution in [-0.4, -0.2) is 0 Å². The number of rotatable bonds is 4. The number of hydrogen-bond acceptors (Lipinski definition) is 0. The van der Waals surface area contributed by atoms with E-state index in [4.69, 9.17) is 0 Å². The lowest BCUT2D eigenvalue weighted by Gasteiger charge is -2.11. The molecule has 0 saturated heterocycles. The van der Waals surface area contributed by atoms with E-state index in [1.54, 1.807) is 0 Å². The van der Waals surface area contributed by atoms with Crippen molar-refractivity contribution in [2.45, 2.75) is 41.5 Å². The molecule has 2 aromatic rings. The van der Waals surface area contributed by atoms with Gasteiger partial charge in [-0.1, -0.05) is 101 Å². The molecule has 0 unspecified atom stereocenters. The second kappa shape index (κ2) is 7.97. The topological polar surface area (TPSA) is 0 Å². The molecule has 23 heavy (non-hydrogen) atoms. The molecule has 0 aliphatic heterocycles. The zero-order valence-electron chi connectivity index (χ0n) is 14.2. The van der Waals surface area contributed by atoms with Crippen LogP contribution in [-0.2, 0) is 6.42 Å². The van der Waals surface area contributed by atoms with E-state index in [9.17, 15) is 0 Å². The van der Waals surface area contributed by atoms with Gasteiger partial charge in [-0.05, 0) is 41.0 Å². The number of aryl methyl sites for hydroxylation is 1. The lowest BCUT2D eigenvalue weighted by atomic mass is 9.94. The minimum absolute atomic E-state index is 0. The highest BCUT2D eigenvalue weighted by Crippen LogP contribution is 2.21. The van der Waals surface area contributed by atoms with Crippen LogP contribution in [0.5, 0.6) is 0 Å². The van der Waals surface area contributed by atoms with Crippen LogP contribution >= 0.6 is 0 Å². The van der Waals surface area contributed by atoms with Gasteiger partial charge in [0.1, 0.15) is 0 Å². The van der Waals surface area contributed by atoms with Crippen LogP contribution < -0.4 is 0 Å². The van der Waals surface area contributed by atoms with Gasteiger partial charge < -0.3 is 0 Å². The van der Waals surface area contributed by atoms with Gasteiger partial charge in [-0.2, -0.15) is 0 Å². The van der Waals surface area contributed by atoms with E-state index in [0.29, 0.717) is 0 Å². The highest BCUT2D eigenvalue weighted by atomic mass is 14.1. The molecule has 0 aliphatic rings. The summed E-state index contributed by atoms with van der Waals surface area (Å²) in [6.45, 7) is 13.0. The molecular weight excluding hydrogens is 276 g/mol. The number of allylic oxidation sites excluding steroid dienone is 2. The highest BCUT2D eigenvalue weighted by Gasteiger charge is 2.04. The van der Waals surface area contributed by atoms with Crippen molar-refractivity contribution in [2.24, 2.45) is 5.41 Å². The molecule has 0 atom stereocenters. The average Bonchev–Trinajstić information content (AvgIpc) is 2.45. The van der Waals surface area contributed by atoms with E-state index in [-0.39, 0.29) is 12.8 Å². The Hall–Kier alpha value is -2.08. The molecule has 0 amide bonds. The van der Waals surface area contributed by atoms with Crippen molar-refractivity contribution in [3.63, 3.8) is 0 Å².